The van der Waals surface area contributed by atoms with Crippen molar-refractivity contribution in [2.24, 2.45) is 12.5 Å². The summed E-state index contributed by atoms with van der Waals surface area (Å²) >= 11 is 0. The molecule has 3 aromatic rings. The van der Waals surface area contributed by atoms with Crippen molar-refractivity contribution in [3.05, 3.63) is 77.1 Å². The van der Waals surface area contributed by atoms with E-state index in [4.69, 9.17) is 4.74 Å². The van der Waals surface area contributed by atoms with Gasteiger partial charge in [0.2, 0.25) is 5.91 Å². The second-order valence-electron chi connectivity index (χ2n) is 9.09. The molecule has 35 heavy (non-hydrogen) atoms. The molecule has 9 heteroatoms. The summed E-state index contributed by atoms with van der Waals surface area (Å²) in [5.41, 5.74) is 4.35. The molecule has 5 rings (SSSR count). The molecule has 0 unspecified atom stereocenters. The van der Waals surface area contributed by atoms with Crippen LogP contribution in [0.4, 0.5) is 4.79 Å². The molecule has 0 radical (unpaired) electrons. The number of carboxylic acid groups (broad SMARTS) is 1. The van der Waals surface area contributed by atoms with Crippen molar-refractivity contribution >= 4 is 18.0 Å². The Morgan fingerprint density at radius 2 is 1.69 bits per heavy atom. The van der Waals surface area contributed by atoms with E-state index in [9.17, 15) is 19.5 Å². The van der Waals surface area contributed by atoms with Crippen LogP contribution in [-0.4, -0.2) is 46.0 Å². The zero-order valence-corrected chi connectivity index (χ0v) is 19.3. The number of fused-ring (bicyclic) bond motifs is 3. The molecule has 2 aliphatic rings. The number of carbonyl (C=O) groups is 3. The van der Waals surface area contributed by atoms with E-state index in [1.807, 2.05) is 24.3 Å². The van der Waals surface area contributed by atoms with Crippen molar-refractivity contribution in [2.75, 3.05) is 13.2 Å². The van der Waals surface area contributed by atoms with Crippen LogP contribution in [0.15, 0.2) is 54.7 Å². The summed E-state index contributed by atoms with van der Waals surface area (Å²) in [4.78, 5) is 36.6. The Bertz CT molecular complexity index is 1270. The Morgan fingerprint density at radius 1 is 1.06 bits per heavy atom. The summed E-state index contributed by atoms with van der Waals surface area (Å²) < 4.78 is 6.82. The number of aromatic carboxylic acids is 1. The fourth-order valence-corrected chi connectivity index (χ4v) is 4.78. The van der Waals surface area contributed by atoms with Crippen molar-refractivity contribution in [1.29, 1.82) is 0 Å². The number of nitrogens with one attached hydrogen (secondary N) is 2. The zero-order valence-electron chi connectivity index (χ0n) is 19.3. The third-order valence-electron chi connectivity index (χ3n) is 6.91. The first-order valence-corrected chi connectivity index (χ1v) is 11.5. The minimum Gasteiger partial charge on any atom is -0.477 e. The van der Waals surface area contributed by atoms with Crippen LogP contribution in [0.1, 0.15) is 45.9 Å². The number of hydrogen-bond acceptors (Lipinski definition) is 5. The van der Waals surface area contributed by atoms with Gasteiger partial charge in [-0.2, -0.15) is 5.10 Å². The fraction of sp³-hybridized carbons (Fsp3) is 0.308. The summed E-state index contributed by atoms with van der Waals surface area (Å²) in [7, 11) is 1.54. The fourth-order valence-electron chi connectivity index (χ4n) is 4.78. The molecule has 0 spiro atoms. The van der Waals surface area contributed by atoms with Gasteiger partial charge in [-0.25, -0.2) is 9.59 Å². The number of carbonyl (C=O) groups excluding carboxylic acids is 2. The molecular formula is C26H26N4O5. The summed E-state index contributed by atoms with van der Waals surface area (Å²) in [6, 6.07) is 16.2. The van der Waals surface area contributed by atoms with E-state index in [2.05, 4.69) is 40.0 Å². The van der Waals surface area contributed by atoms with Crippen LogP contribution in [0.3, 0.4) is 0 Å². The molecule has 9 nitrogen and oxygen atoms in total. The number of alkyl carbamates (subject to hydrolysis) is 1. The number of hydrogen-bond donors (Lipinski definition) is 3. The first-order valence-electron chi connectivity index (χ1n) is 11.5. The minimum atomic E-state index is -1.10. The SMILES string of the molecule is Cn1ncc(CNC(=O)C2(CNC(=O)OCC3c4ccccc4-c4ccccc43)CC2)c1C(=O)O. The average Bonchev–Trinajstić information content (AvgIpc) is 3.47. The average molecular weight is 475 g/mol. The largest absolute Gasteiger partial charge is 0.477 e. The van der Waals surface area contributed by atoms with E-state index >= 15 is 0 Å². The smallest absolute Gasteiger partial charge is 0.407 e. The number of nitrogens with zero attached hydrogens (tertiary/aromatic N) is 2. The van der Waals surface area contributed by atoms with Crippen LogP contribution in [0.25, 0.3) is 11.1 Å². The molecule has 2 aliphatic carbocycles. The molecule has 1 aromatic heterocycles. The first kappa shape index (κ1) is 22.6. The van der Waals surface area contributed by atoms with Gasteiger partial charge in [-0.3, -0.25) is 9.48 Å². The van der Waals surface area contributed by atoms with Gasteiger partial charge in [-0.1, -0.05) is 48.5 Å². The van der Waals surface area contributed by atoms with Gasteiger partial charge in [-0.05, 0) is 35.1 Å². The van der Waals surface area contributed by atoms with Gasteiger partial charge in [0, 0.05) is 31.6 Å². The molecule has 0 atom stereocenters. The van der Waals surface area contributed by atoms with Gasteiger partial charge >= 0.3 is 12.1 Å². The molecule has 0 bridgehead atoms. The number of aromatic nitrogens is 2. The van der Waals surface area contributed by atoms with Crippen LogP contribution in [-0.2, 0) is 23.1 Å². The van der Waals surface area contributed by atoms with Gasteiger partial charge in [-0.15, -0.1) is 0 Å². The highest BCUT2D eigenvalue weighted by Crippen LogP contribution is 2.46. The predicted octanol–water partition coefficient (Wildman–Crippen LogP) is 3.05. The van der Waals surface area contributed by atoms with Crippen molar-refractivity contribution in [2.45, 2.75) is 25.3 Å². The molecule has 2 aromatic carbocycles. The normalized spacial score (nSPS) is 15.1. The van der Waals surface area contributed by atoms with Crippen LogP contribution in [0.2, 0.25) is 0 Å². The maximum absolute atomic E-state index is 12.8. The van der Waals surface area contributed by atoms with E-state index in [0.29, 0.717) is 18.4 Å². The van der Waals surface area contributed by atoms with Crippen molar-refractivity contribution < 1.29 is 24.2 Å². The number of carboxylic acids is 1. The molecule has 0 aliphatic heterocycles. The van der Waals surface area contributed by atoms with E-state index in [0.717, 1.165) is 22.3 Å². The topological polar surface area (TPSA) is 123 Å². The molecule has 2 amide bonds. The van der Waals surface area contributed by atoms with Crippen LogP contribution in [0.5, 0.6) is 0 Å². The first-order chi connectivity index (χ1) is 16.9. The Hall–Kier alpha value is -4.14. The standard InChI is InChI=1S/C26H26N4O5/c1-30-22(23(31)32)16(13-29-30)12-27-24(33)26(10-11-26)15-28-25(34)35-14-21-19-8-4-2-6-17(19)18-7-3-5-9-20(18)21/h2-9,13,21H,10-12,14-15H2,1H3,(H,27,33)(H,28,34)(H,31,32). The number of amides is 2. The lowest BCUT2D eigenvalue weighted by molar-refractivity contribution is -0.126. The molecular weight excluding hydrogens is 448 g/mol. The summed E-state index contributed by atoms with van der Waals surface area (Å²) in [5, 5.41) is 18.8. The van der Waals surface area contributed by atoms with Crippen LogP contribution >= 0.6 is 0 Å². The Labute approximate surface area is 202 Å². The number of ether oxygens (including phenoxy) is 1. The maximum atomic E-state index is 12.8. The zero-order chi connectivity index (χ0) is 24.6. The Kier molecular flexibility index (Phi) is 5.76. The predicted molar refractivity (Wildman–Crippen MR) is 127 cm³/mol. The Balaban J connectivity index is 1.15. The summed E-state index contributed by atoms with van der Waals surface area (Å²) in [5.74, 6) is -1.36. The third kappa shape index (κ3) is 4.25. The summed E-state index contributed by atoms with van der Waals surface area (Å²) in [6.07, 6.45) is 2.15. The highest BCUT2D eigenvalue weighted by Gasteiger charge is 2.50. The molecule has 1 fully saturated rings. The van der Waals surface area contributed by atoms with Crippen molar-refractivity contribution in [3.8, 4) is 11.1 Å². The molecule has 0 saturated heterocycles. The highest BCUT2D eigenvalue weighted by atomic mass is 16.5. The second-order valence-corrected chi connectivity index (χ2v) is 9.09. The quantitative estimate of drug-likeness (QED) is 0.461. The van der Waals surface area contributed by atoms with Crippen molar-refractivity contribution in [3.63, 3.8) is 0 Å². The van der Waals surface area contributed by atoms with Gasteiger partial charge < -0.3 is 20.5 Å². The number of aryl methyl sites for hydroxylation is 1. The highest BCUT2D eigenvalue weighted by molar-refractivity contribution is 5.88. The van der Waals surface area contributed by atoms with E-state index in [-0.39, 0.29) is 37.2 Å². The van der Waals surface area contributed by atoms with E-state index in [1.165, 1.54) is 17.9 Å². The molecule has 3 N–H and O–H groups in total. The number of rotatable bonds is 8. The molecule has 180 valence electrons. The second kappa shape index (κ2) is 8.90. The lowest BCUT2D eigenvalue weighted by Gasteiger charge is -2.18. The van der Waals surface area contributed by atoms with Crippen molar-refractivity contribution in [1.82, 2.24) is 20.4 Å². The van der Waals surface area contributed by atoms with Gasteiger partial charge in [0.05, 0.1) is 11.6 Å². The maximum Gasteiger partial charge on any atom is 0.407 e. The molecule has 1 heterocycles. The Morgan fingerprint density at radius 3 is 2.29 bits per heavy atom. The van der Waals surface area contributed by atoms with Gasteiger partial charge in [0.1, 0.15) is 6.61 Å². The van der Waals surface area contributed by atoms with E-state index in [1.54, 1.807) is 0 Å². The van der Waals surface area contributed by atoms with Gasteiger partial charge in [0.15, 0.2) is 5.69 Å². The summed E-state index contributed by atoms with van der Waals surface area (Å²) in [6.45, 7) is 0.424. The van der Waals surface area contributed by atoms with Crippen LogP contribution < -0.4 is 10.6 Å². The monoisotopic (exact) mass is 474 g/mol. The lowest BCUT2D eigenvalue weighted by Crippen LogP contribution is -2.40. The lowest BCUT2D eigenvalue weighted by atomic mass is 9.98. The third-order valence-corrected chi connectivity index (χ3v) is 6.91. The van der Waals surface area contributed by atoms with Gasteiger partial charge in [0.25, 0.3) is 0 Å². The number of benzene rings is 2. The minimum absolute atomic E-state index is 0.0331. The van der Waals surface area contributed by atoms with E-state index < -0.39 is 17.5 Å². The molecule has 1 saturated carbocycles. The van der Waals surface area contributed by atoms with Crippen LogP contribution in [0, 0.1) is 5.41 Å².